The Labute approximate surface area is 282 Å². The molecule has 0 spiro atoms. The fourth-order valence-electron chi connectivity index (χ4n) is 4.52. The molecule has 0 saturated heterocycles. The normalized spacial score (nSPS) is 10.7. The molecule has 234 valence electrons. The van der Waals surface area contributed by atoms with Crippen molar-refractivity contribution in [3.05, 3.63) is 116 Å². The molecule has 0 bridgehead atoms. The minimum Gasteiger partial charge on any atom is -0.462 e. The van der Waals surface area contributed by atoms with E-state index >= 15 is 0 Å². The lowest BCUT2D eigenvalue weighted by Crippen LogP contribution is -2.16. The van der Waals surface area contributed by atoms with Crippen molar-refractivity contribution in [2.45, 2.75) is 13.8 Å². The van der Waals surface area contributed by atoms with Crippen molar-refractivity contribution in [3.8, 4) is 22.3 Å². The van der Waals surface area contributed by atoms with E-state index < -0.39 is 23.8 Å². The number of nitrogens with one attached hydrogen (secondary N) is 2. The first-order valence-electron chi connectivity index (χ1n) is 14.0. The maximum absolute atomic E-state index is 13.2. The predicted molar refractivity (Wildman–Crippen MR) is 184 cm³/mol. The van der Waals surface area contributed by atoms with E-state index in [1.807, 2.05) is 0 Å². The van der Waals surface area contributed by atoms with Gasteiger partial charge in [0.05, 0.1) is 13.2 Å². The molecule has 8 nitrogen and oxygen atoms in total. The van der Waals surface area contributed by atoms with Gasteiger partial charge in [-0.1, -0.05) is 47.5 Å². The first kappa shape index (κ1) is 32.9. The van der Waals surface area contributed by atoms with Gasteiger partial charge in [0.2, 0.25) is 0 Å². The highest BCUT2D eigenvalue weighted by molar-refractivity contribution is 7.15. The van der Waals surface area contributed by atoms with Crippen LogP contribution in [0.1, 0.15) is 55.3 Å². The highest BCUT2D eigenvalue weighted by atomic mass is 35.5. The van der Waals surface area contributed by atoms with Crippen LogP contribution in [-0.4, -0.2) is 37.0 Å². The van der Waals surface area contributed by atoms with E-state index in [0.717, 1.165) is 11.1 Å². The molecular weight excluding hydrogens is 667 g/mol. The monoisotopic (exact) mass is 692 g/mol. The maximum atomic E-state index is 13.2. The summed E-state index contributed by atoms with van der Waals surface area (Å²) in [6.45, 7) is 3.75. The molecule has 3 aromatic carbocycles. The largest absolute Gasteiger partial charge is 0.462 e. The number of carbonyl (C=O) groups excluding carboxylic acids is 4. The molecule has 12 heteroatoms. The third-order valence-electron chi connectivity index (χ3n) is 6.72. The number of esters is 2. The summed E-state index contributed by atoms with van der Waals surface area (Å²) in [4.78, 5) is 52.2. The van der Waals surface area contributed by atoms with Crippen molar-refractivity contribution in [2.24, 2.45) is 0 Å². The number of halogens is 2. The van der Waals surface area contributed by atoms with Crippen LogP contribution in [0.5, 0.6) is 0 Å². The van der Waals surface area contributed by atoms with E-state index in [4.69, 9.17) is 32.7 Å². The van der Waals surface area contributed by atoms with Crippen LogP contribution in [0, 0.1) is 0 Å². The van der Waals surface area contributed by atoms with Gasteiger partial charge in [-0.15, -0.1) is 22.7 Å². The smallest absolute Gasteiger partial charge is 0.341 e. The summed E-state index contributed by atoms with van der Waals surface area (Å²) in [5.74, 6) is -2.08. The van der Waals surface area contributed by atoms with E-state index in [0.29, 0.717) is 31.2 Å². The zero-order valence-corrected chi connectivity index (χ0v) is 27.7. The lowest BCUT2D eigenvalue weighted by Gasteiger charge is -2.10. The highest BCUT2D eigenvalue weighted by Crippen LogP contribution is 2.38. The molecule has 0 saturated carbocycles. The van der Waals surface area contributed by atoms with Crippen molar-refractivity contribution in [3.63, 3.8) is 0 Å². The molecule has 2 heterocycles. The van der Waals surface area contributed by atoms with Crippen molar-refractivity contribution in [2.75, 3.05) is 23.8 Å². The molecule has 0 radical (unpaired) electrons. The number of amides is 2. The van der Waals surface area contributed by atoms with Crippen LogP contribution in [0.3, 0.4) is 0 Å². The molecule has 0 atom stereocenters. The standard InChI is InChI=1S/C34H26Cl2N2O6S2/c1-3-43-33(41)27-25(19-9-13-23(35)14-10-19)17-45-31(27)37-29(39)21-5-7-22(8-6-21)30(40)38-32-28(34(42)44-4-2)26(18-46-32)20-11-15-24(36)16-12-20/h5-18H,3-4H2,1-2H3,(H,37,39)(H,38,40). The maximum Gasteiger partial charge on any atom is 0.341 e. The summed E-state index contributed by atoms with van der Waals surface area (Å²) in [6.07, 6.45) is 0. The zero-order valence-electron chi connectivity index (χ0n) is 24.5. The van der Waals surface area contributed by atoms with Gasteiger partial charge in [-0.05, 0) is 73.5 Å². The molecule has 5 aromatic rings. The van der Waals surface area contributed by atoms with Gasteiger partial charge in [-0.3, -0.25) is 9.59 Å². The molecule has 0 aliphatic heterocycles. The summed E-state index contributed by atoms with van der Waals surface area (Å²) in [5.41, 5.74) is 3.72. The number of thiophene rings is 2. The van der Waals surface area contributed by atoms with Crippen molar-refractivity contribution >= 4 is 79.6 Å². The Morgan fingerprint density at radius 1 is 0.587 bits per heavy atom. The van der Waals surface area contributed by atoms with Crippen LogP contribution in [0.4, 0.5) is 10.0 Å². The molecule has 46 heavy (non-hydrogen) atoms. The Balaban J connectivity index is 1.34. The summed E-state index contributed by atoms with van der Waals surface area (Å²) >= 11 is 14.5. The first-order chi connectivity index (χ1) is 22.2. The number of carbonyl (C=O) groups is 4. The second-order valence-electron chi connectivity index (χ2n) is 9.65. The number of hydrogen-bond donors (Lipinski definition) is 2. The summed E-state index contributed by atoms with van der Waals surface area (Å²) < 4.78 is 10.5. The topological polar surface area (TPSA) is 111 Å². The van der Waals surface area contributed by atoms with Gasteiger partial charge in [0.1, 0.15) is 21.1 Å². The lowest BCUT2D eigenvalue weighted by molar-refractivity contribution is 0.0519. The van der Waals surface area contributed by atoms with Crippen LogP contribution >= 0.6 is 45.9 Å². The Bertz CT molecular complexity index is 1760. The molecule has 0 fully saturated rings. The number of hydrogen-bond acceptors (Lipinski definition) is 8. The van der Waals surface area contributed by atoms with Crippen LogP contribution in [0.25, 0.3) is 22.3 Å². The first-order valence-corrected chi connectivity index (χ1v) is 16.5. The number of rotatable bonds is 10. The number of ether oxygens (including phenoxy) is 2. The second kappa shape index (κ2) is 14.7. The van der Waals surface area contributed by atoms with Crippen LogP contribution in [0.2, 0.25) is 10.0 Å². The summed E-state index contributed by atoms with van der Waals surface area (Å²) in [7, 11) is 0. The molecule has 0 aliphatic carbocycles. The van der Waals surface area contributed by atoms with Crippen molar-refractivity contribution < 1.29 is 28.7 Å². The van der Waals surface area contributed by atoms with Gasteiger partial charge in [0.15, 0.2) is 0 Å². The van der Waals surface area contributed by atoms with Gasteiger partial charge in [-0.25, -0.2) is 9.59 Å². The SMILES string of the molecule is CCOC(=O)c1c(-c2ccc(Cl)cc2)csc1NC(=O)c1ccc(C(=O)Nc2scc(-c3ccc(Cl)cc3)c2C(=O)OCC)cc1. The van der Waals surface area contributed by atoms with Gasteiger partial charge < -0.3 is 20.1 Å². The Morgan fingerprint density at radius 3 is 1.26 bits per heavy atom. The average Bonchev–Trinajstić information content (AvgIpc) is 3.66. The molecule has 2 N–H and O–H groups in total. The summed E-state index contributed by atoms with van der Waals surface area (Å²) in [6, 6.07) is 20.0. The Hall–Kier alpha value is -4.48. The predicted octanol–water partition coefficient (Wildman–Crippen LogP) is 9.31. The lowest BCUT2D eigenvalue weighted by atomic mass is 10.0. The molecule has 2 aromatic heterocycles. The fourth-order valence-corrected chi connectivity index (χ4v) is 6.68. The van der Waals surface area contributed by atoms with E-state index in [-0.39, 0.29) is 35.5 Å². The quantitative estimate of drug-likeness (QED) is 0.141. The van der Waals surface area contributed by atoms with E-state index in [2.05, 4.69) is 10.6 Å². The zero-order chi connectivity index (χ0) is 32.8. The minimum atomic E-state index is -0.564. The van der Waals surface area contributed by atoms with E-state index in [1.165, 1.54) is 46.9 Å². The van der Waals surface area contributed by atoms with Crippen LogP contribution in [-0.2, 0) is 9.47 Å². The van der Waals surface area contributed by atoms with Gasteiger partial charge in [0, 0.05) is 43.1 Å². The molecule has 2 amide bonds. The van der Waals surface area contributed by atoms with Crippen molar-refractivity contribution in [1.82, 2.24) is 0 Å². The number of anilines is 2. The van der Waals surface area contributed by atoms with Gasteiger partial charge in [0.25, 0.3) is 11.8 Å². The van der Waals surface area contributed by atoms with Crippen molar-refractivity contribution in [1.29, 1.82) is 0 Å². The average molecular weight is 694 g/mol. The van der Waals surface area contributed by atoms with Crippen LogP contribution in [0.15, 0.2) is 83.6 Å². The fraction of sp³-hybridized carbons (Fsp3) is 0.118. The molecule has 5 rings (SSSR count). The third kappa shape index (κ3) is 7.32. The van der Waals surface area contributed by atoms with E-state index in [9.17, 15) is 19.2 Å². The Morgan fingerprint density at radius 2 is 0.935 bits per heavy atom. The second-order valence-corrected chi connectivity index (χ2v) is 12.3. The molecular formula is C34H26Cl2N2O6S2. The van der Waals surface area contributed by atoms with Gasteiger partial charge >= 0.3 is 11.9 Å². The van der Waals surface area contributed by atoms with Crippen LogP contribution < -0.4 is 10.6 Å². The Kier molecular flexibility index (Phi) is 10.5. The van der Waals surface area contributed by atoms with E-state index in [1.54, 1.807) is 73.1 Å². The molecule has 0 unspecified atom stereocenters. The minimum absolute atomic E-state index is 0.168. The van der Waals surface area contributed by atoms with Gasteiger partial charge in [-0.2, -0.15) is 0 Å². The number of benzene rings is 3. The third-order valence-corrected chi connectivity index (χ3v) is 9.01. The highest BCUT2D eigenvalue weighted by Gasteiger charge is 2.25. The molecule has 0 aliphatic rings. The summed E-state index contributed by atoms with van der Waals surface area (Å²) in [5, 5.41) is 10.9.